The lowest BCUT2D eigenvalue weighted by atomic mass is 9.69. The third-order valence-corrected chi connectivity index (χ3v) is 4.28. The average molecular weight is 260 g/mol. The van der Waals surface area contributed by atoms with Gasteiger partial charge < -0.3 is 5.11 Å². The summed E-state index contributed by atoms with van der Waals surface area (Å²) >= 11 is 0. The molecule has 1 aromatic carbocycles. The lowest BCUT2D eigenvalue weighted by Gasteiger charge is -2.31. The van der Waals surface area contributed by atoms with Crippen molar-refractivity contribution in [3.63, 3.8) is 0 Å². The molecule has 0 aromatic heterocycles. The number of hydrogen-bond donors (Lipinski definition) is 1. The number of hydrogen-bond acceptors (Lipinski definition) is 2. The first-order valence-corrected chi connectivity index (χ1v) is 6.78. The van der Waals surface area contributed by atoms with Crippen molar-refractivity contribution in [2.24, 2.45) is 5.41 Å². The molecule has 1 aliphatic rings. The maximum Gasteiger partial charge on any atom is 0.317 e. The van der Waals surface area contributed by atoms with Gasteiger partial charge in [0.1, 0.15) is 5.41 Å². The van der Waals surface area contributed by atoms with E-state index in [-0.39, 0.29) is 5.78 Å². The minimum Gasteiger partial charge on any atom is -0.480 e. The molecule has 0 spiro atoms. The summed E-state index contributed by atoms with van der Waals surface area (Å²) in [4.78, 5) is 23.8. The van der Waals surface area contributed by atoms with Crippen LogP contribution in [0.5, 0.6) is 0 Å². The van der Waals surface area contributed by atoms with Gasteiger partial charge in [0.15, 0.2) is 5.78 Å². The fourth-order valence-corrected chi connectivity index (χ4v) is 2.84. The second kappa shape index (κ2) is 5.16. The number of aliphatic carboxylic acids is 1. The monoisotopic (exact) mass is 260 g/mol. The van der Waals surface area contributed by atoms with Crippen LogP contribution in [0.2, 0.25) is 0 Å². The fourth-order valence-electron chi connectivity index (χ4n) is 2.84. The van der Waals surface area contributed by atoms with E-state index in [4.69, 9.17) is 0 Å². The van der Waals surface area contributed by atoms with Crippen LogP contribution in [0.4, 0.5) is 0 Å². The van der Waals surface area contributed by atoms with Crippen LogP contribution in [0.1, 0.15) is 42.4 Å². The largest absolute Gasteiger partial charge is 0.480 e. The third kappa shape index (κ3) is 2.55. The smallest absolute Gasteiger partial charge is 0.317 e. The van der Waals surface area contributed by atoms with Crippen molar-refractivity contribution in [1.82, 2.24) is 0 Å². The van der Waals surface area contributed by atoms with Gasteiger partial charge in [-0.1, -0.05) is 24.6 Å². The molecule has 1 atom stereocenters. The topological polar surface area (TPSA) is 54.4 Å². The van der Waals surface area contributed by atoms with Crippen molar-refractivity contribution < 1.29 is 14.7 Å². The van der Waals surface area contributed by atoms with Crippen LogP contribution in [0.15, 0.2) is 18.2 Å². The van der Waals surface area contributed by atoms with Gasteiger partial charge in [-0.2, -0.15) is 0 Å². The fraction of sp³-hybridized carbons (Fsp3) is 0.500. The number of carbonyl (C=O) groups is 2. The second-order valence-electron chi connectivity index (χ2n) is 5.61. The van der Waals surface area contributed by atoms with Gasteiger partial charge in [-0.25, -0.2) is 0 Å². The highest BCUT2D eigenvalue weighted by Gasteiger charge is 2.46. The zero-order valence-electron chi connectivity index (χ0n) is 11.5. The van der Waals surface area contributed by atoms with Crippen LogP contribution in [0, 0.1) is 19.3 Å². The number of carbonyl (C=O) groups excluding carboxylic acids is 1. The Hall–Kier alpha value is -1.64. The average Bonchev–Trinajstić information content (AvgIpc) is 2.36. The maximum atomic E-state index is 12.1. The van der Waals surface area contributed by atoms with Crippen LogP contribution in [-0.2, 0) is 16.0 Å². The zero-order chi connectivity index (χ0) is 14.0. The van der Waals surface area contributed by atoms with Gasteiger partial charge in [-0.3, -0.25) is 9.59 Å². The van der Waals surface area contributed by atoms with E-state index >= 15 is 0 Å². The Morgan fingerprint density at radius 3 is 2.58 bits per heavy atom. The molecule has 0 bridgehead atoms. The molecule has 3 heteroatoms. The van der Waals surface area contributed by atoms with Crippen molar-refractivity contribution in [3.8, 4) is 0 Å². The van der Waals surface area contributed by atoms with E-state index in [0.29, 0.717) is 19.3 Å². The molecule has 19 heavy (non-hydrogen) atoms. The van der Waals surface area contributed by atoms with Crippen LogP contribution in [0.25, 0.3) is 0 Å². The number of ketones is 1. The SMILES string of the molecule is Cc1ccc(CC2(C(=O)O)CCCCC2=O)cc1C. The highest BCUT2D eigenvalue weighted by atomic mass is 16.4. The van der Waals surface area contributed by atoms with Gasteiger partial charge in [0.05, 0.1) is 0 Å². The zero-order valence-corrected chi connectivity index (χ0v) is 11.5. The minimum absolute atomic E-state index is 0.107. The number of rotatable bonds is 3. The molecule has 0 amide bonds. The van der Waals surface area contributed by atoms with E-state index in [1.807, 2.05) is 32.0 Å². The van der Waals surface area contributed by atoms with Gasteiger partial charge in [0.25, 0.3) is 0 Å². The van der Waals surface area contributed by atoms with Crippen molar-refractivity contribution in [1.29, 1.82) is 0 Å². The first kappa shape index (κ1) is 13.8. The summed E-state index contributed by atoms with van der Waals surface area (Å²) in [5, 5.41) is 9.52. The molecular weight excluding hydrogens is 240 g/mol. The number of carboxylic acids is 1. The van der Waals surface area contributed by atoms with E-state index in [0.717, 1.165) is 24.0 Å². The summed E-state index contributed by atoms with van der Waals surface area (Å²) in [6, 6.07) is 5.93. The van der Waals surface area contributed by atoms with Gasteiger partial charge in [-0.05, 0) is 49.8 Å². The quantitative estimate of drug-likeness (QED) is 0.850. The summed E-state index contributed by atoms with van der Waals surface area (Å²) in [5.74, 6) is -1.07. The molecule has 1 aromatic rings. The number of Topliss-reactive ketones (excluding diaryl/α,β-unsaturated/α-hetero) is 1. The molecule has 1 fully saturated rings. The molecule has 102 valence electrons. The third-order valence-electron chi connectivity index (χ3n) is 4.28. The molecule has 0 aliphatic heterocycles. The van der Waals surface area contributed by atoms with Crippen LogP contribution >= 0.6 is 0 Å². The first-order valence-electron chi connectivity index (χ1n) is 6.78. The first-order chi connectivity index (χ1) is 8.95. The number of aryl methyl sites for hydroxylation is 2. The van der Waals surface area contributed by atoms with E-state index in [1.54, 1.807) is 0 Å². The number of carboxylic acid groups (broad SMARTS) is 1. The Morgan fingerprint density at radius 2 is 2.00 bits per heavy atom. The molecule has 1 N–H and O–H groups in total. The summed E-state index contributed by atoms with van der Waals surface area (Å²) < 4.78 is 0. The Kier molecular flexibility index (Phi) is 3.74. The molecule has 1 unspecified atom stereocenters. The van der Waals surface area contributed by atoms with Crippen molar-refractivity contribution in [3.05, 3.63) is 34.9 Å². The number of benzene rings is 1. The molecule has 0 saturated heterocycles. The molecule has 0 heterocycles. The Morgan fingerprint density at radius 1 is 1.26 bits per heavy atom. The second-order valence-corrected chi connectivity index (χ2v) is 5.61. The lowest BCUT2D eigenvalue weighted by molar-refractivity contribution is -0.157. The van der Waals surface area contributed by atoms with E-state index in [9.17, 15) is 14.7 Å². The van der Waals surface area contributed by atoms with Crippen LogP contribution in [-0.4, -0.2) is 16.9 Å². The maximum absolute atomic E-state index is 12.1. The van der Waals surface area contributed by atoms with Crippen LogP contribution < -0.4 is 0 Å². The molecule has 3 nitrogen and oxygen atoms in total. The highest BCUT2D eigenvalue weighted by molar-refractivity contribution is 6.03. The summed E-state index contributed by atoms with van der Waals surface area (Å²) in [7, 11) is 0. The Balaban J connectivity index is 2.33. The minimum atomic E-state index is -1.19. The van der Waals surface area contributed by atoms with E-state index in [1.165, 1.54) is 5.56 Å². The van der Waals surface area contributed by atoms with Crippen molar-refractivity contribution in [2.45, 2.75) is 46.0 Å². The predicted molar refractivity (Wildman–Crippen MR) is 73.2 cm³/mol. The molecular formula is C16H20O3. The van der Waals surface area contributed by atoms with Gasteiger partial charge in [0.2, 0.25) is 0 Å². The molecule has 2 rings (SSSR count). The summed E-state index contributed by atoms with van der Waals surface area (Å²) in [6.07, 6.45) is 2.83. The van der Waals surface area contributed by atoms with E-state index in [2.05, 4.69) is 0 Å². The normalized spacial score (nSPS) is 23.4. The highest BCUT2D eigenvalue weighted by Crippen LogP contribution is 2.37. The summed E-state index contributed by atoms with van der Waals surface area (Å²) in [6.45, 7) is 4.03. The molecule has 1 aliphatic carbocycles. The van der Waals surface area contributed by atoms with Gasteiger partial charge in [-0.15, -0.1) is 0 Å². The van der Waals surface area contributed by atoms with Gasteiger partial charge in [0, 0.05) is 6.42 Å². The predicted octanol–water partition coefficient (Wildman–Crippen LogP) is 3.06. The Bertz CT molecular complexity index is 519. The Labute approximate surface area is 113 Å². The van der Waals surface area contributed by atoms with E-state index < -0.39 is 11.4 Å². The molecule has 0 radical (unpaired) electrons. The van der Waals surface area contributed by atoms with Crippen molar-refractivity contribution in [2.75, 3.05) is 0 Å². The van der Waals surface area contributed by atoms with Crippen LogP contribution in [0.3, 0.4) is 0 Å². The molecule has 1 saturated carbocycles. The van der Waals surface area contributed by atoms with Gasteiger partial charge >= 0.3 is 5.97 Å². The standard InChI is InChI=1S/C16H20O3/c1-11-6-7-13(9-12(11)2)10-16(15(18)19)8-4-3-5-14(16)17/h6-7,9H,3-5,8,10H2,1-2H3,(H,18,19). The van der Waals surface area contributed by atoms with Crippen molar-refractivity contribution >= 4 is 11.8 Å². The lowest BCUT2D eigenvalue weighted by Crippen LogP contribution is -2.43. The summed E-state index contributed by atoms with van der Waals surface area (Å²) in [5.41, 5.74) is 2.07.